The fourth-order valence-corrected chi connectivity index (χ4v) is 3.66. The molecule has 0 aromatic heterocycles. The van der Waals surface area contributed by atoms with Crippen LogP contribution in [0.25, 0.3) is 0 Å². The Bertz CT molecular complexity index is 271. The van der Waals surface area contributed by atoms with Crippen molar-refractivity contribution in [3.8, 4) is 0 Å². The molecular weight excluding hydrogens is 342 g/mol. The zero-order chi connectivity index (χ0) is 19.5. The molecule has 0 aliphatic carbocycles. The summed E-state index contributed by atoms with van der Waals surface area (Å²) >= 11 is 6.35. The van der Waals surface area contributed by atoms with E-state index in [2.05, 4.69) is 19.2 Å². The third-order valence-corrected chi connectivity index (χ3v) is 5.56. The minimum absolute atomic E-state index is 0.265. The predicted octanol–water partition coefficient (Wildman–Crippen LogP) is 7.07. The van der Waals surface area contributed by atoms with Crippen molar-refractivity contribution in [2.75, 3.05) is 13.1 Å². The maximum absolute atomic E-state index is 9.17. The minimum Gasteiger partial charge on any atom is -0.392 e. The Labute approximate surface area is 169 Å². The number of hydrogen-bond acceptors (Lipinski definition) is 2. The zero-order valence-electron chi connectivity index (χ0n) is 18.1. The average Bonchev–Trinajstić information content (AvgIpc) is 2.58. The Morgan fingerprint density at radius 3 is 1.50 bits per heavy atom. The maximum atomic E-state index is 9.17. The summed E-state index contributed by atoms with van der Waals surface area (Å²) in [4.78, 5) is 0. The molecule has 3 heteroatoms. The Kier molecular flexibility index (Phi) is 20.1. The Morgan fingerprint density at radius 1 is 0.654 bits per heavy atom. The van der Waals surface area contributed by atoms with E-state index in [-0.39, 0.29) is 11.5 Å². The monoisotopic (exact) mass is 389 g/mol. The summed E-state index contributed by atoms with van der Waals surface area (Å²) in [5.41, 5.74) is 0. The lowest BCUT2D eigenvalue weighted by atomic mass is 10.0. The lowest BCUT2D eigenvalue weighted by Gasteiger charge is -2.11. The highest BCUT2D eigenvalue weighted by Crippen LogP contribution is 2.16. The van der Waals surface area contributed by atoms with Gasteiger partial charge in [0.1, 0.15) is 0 Å². The molecule has 0 rings (SSSR count). The molecule has 0 aliphatic rings. The molecule has 0 bridgehead atoms. The van der Waals surface area contributed by atoms with Crippen molar-refractivity contribution in [2.45, 2.75) is 129 Å². The first kappa shape index (κ1) is 26.2. The van der Waals surface area contributed by atoms with Gasteiger partial charge in [0.2, 0.25) is 0 Å². The molecule has 158 valence electrons. The maximum Gasteiger partial charge on any atom is 0.0636 e. The van der Waals surface area contributed by atoms with E-state index in [1.165, 1.54) is 83.5 Å². The van der Waals surface area contributed by atoms with Crippen molar-refractivity contribution in [1.82, 2.24) is 5.32 Å². The molecule has 0 amide bonds. The van der Waals surface area contributed by atoms with E-state index in [4.69, 9.17) is 11.6 Å². The molecule has 2 unspecified atom stereocenters. The van der Waals surface area contributed by atoms with Gasteiger partial charge in [-0.2, -0.15) is 0 Å². The van der Waals surface area contributed by atoms with Gasteiger partial charge in [-0.1, -0.05) is 97.3 Å². The van der Waals surface area contributed by atoms with Crippen LogP contribution in [-0.2, 0) is 0 Å². The van der Waals surface area contributed by atoms with Gasteiger partial charge in [0.25, 0.3) is 0 Å². The summed E-state index contributed by atoms with van der Waals surface area (Å²) in [6.45, 7) is 8.04. The van der Waals surface area contributed by atoms with E-state index in [1.54, 1.807) is 6.92 Å². The molecule has 0 saturated heterocycles. The molecular formula is C23H48ClNO. The van der Waals surface area contributed by atoms with Gasteiger partial charge in [-0.3, -0.25) is 0 Å². The van der Waals surface area contributed by atoms with Crippen molar-refractivity contribution in [2.24, 2.45) is 5.92 Å². The van der Waals surface area contributed by atoms with Gasteiger partial charge in [0.15, 0.2) is 0 Å². The topological polar surface area (TPSA) is 32.3 Å². The molecule has 2 N–H and O–H groups in total. The third-order valence-electron chi connectivity index (χ3n) is 5.12. The number of halogens is 1. The highest BCUT2D eigenvalue weighted by molar-refractivity contribution is 6.20. The van der Waals surface area contributed by atoms with Crippen molar-refractivity contribution in [3.05, 3.63) is 0 Å². The lowest BCUT2D eigenvalue weighted by molar-refractivity contribution is 0.191. The van der Waals surface area contributed by atoms with Crippen LogP contribution in [0.4, 0.5) is 0 Å². The molecule has 26 heavy (non-hydrogen) atoms. The van der Waals surface area contributed by atoms with Crippen LogP contribution in [0.1, 0.15) is 117 Å². The second-order valence-electron chi connectivity index (χ2n) is 8.65. The third kappa shape index (κ3) is 22.3. The van der Waals surface area contributed by atoms with Gasteiger partial charge in [-0.25, -0.2) is 0 Å². The van der Waals surface area contributed by atoms with E-state index in [9.17, 15) is 5.11 Å². The second-order valence-corrected chi connectivity index (χ2v) is 9.27. The first-order valence-corrected chi connectivity index (χ1v) is 12.0. The number of unbranched alkanes of at least 4 members (excludes halogenated alkanes) is 11. The quantitative estimate of drug-likeness (QED) is 0.172. The number of nitrogens with one attached hydrogen (secondary N) is 1. The molecule has 0 radical (unpaired) electrons. The second kappa shape index (κ2) is 20.0. The van der Waals surface area contributed by atoms with Gasteiger partial charge in [0, 0.05) is 11.9 Å². The number of alkyl halides is 1. The van der Waals surface area contributed by atoms with E-state index in [0.717, 1.165) is 25.3 Å². The molecule has 0 aromatic rings. The molecule has 0 heterocycles. The van der Waals surface area contributed by atoms with Crippen LogP contribution in [0.3, 0.4) is 0 Å². The number of aliphatic hydroxyl groups excluding tert-OH is 1. The summed E-state index contributed by atoms with van der Waals surface area (Å²) in [7, 11) is 0. The smallest absolute Gasteiger partial charge is 0.0636 e. The highest BCUT2D eigenvalue weighted by Gasteiger charge is 2.04. The molecule has 0 spiro atoms. The summed E-state index contributed by atoms with van der Waals surface area (Å²) in [5, 5.41) is 12.7. The van der Waals surface area contributed by atoms with Crippen LogP contribution < -0.4 is 5.32 Å². The fraction of sp³-hybridized carbons (Fsp3) is 1.00. The van der Waals surface area contributed by atoms with E-state index in [1.807, 2.05) is 0 Å². The summed E-state index contributed by atoms with van der Waals surface area (Å²) < 4.78 is 0. The number of aliphatic hydroxyl groups is 1. The van der Waals surface area contributed by atoms with Crippen LogP contribution in [-0.4, -0.2) is 29.7 Å². The molecule has 0 aliphatic heterocycles. The molecule has 0 fully saturated rings. The van der Waals surface area contributed by atoms with Crippen LogP contribution in [0.5, 0.6) is 0 Å². The van der Waals surface area contributed by atoms with Gasteiger partial charge in [0.05, 0.1) is 6.10 Å². The number of rotatable bonds is 20. The summed E-state index contributed by atoms with van der Waals surface area (Å²) in [6.07, 6.45) is 20.1. The van der Waals surface area contributed by atoms with E-state index < -0.39 is 0 Å². The lowest BCUT2D eigenvalue weighted by Crippen LogP contribution is -2.26. The molecule has 0 saturated carbocycles. The molecule has 2 nitrogen and oxygen atoms in total. The SMILES string of the molecule is CC(C)CCCCCCCCCCCCCCC(Cl)CCNCC(C)O. The zero-order valence-corrected chi connectivity index (χ0v) is 18.8. The average molecular weight is 390 g/mol. The summed E-state index contributed by atoms with van der Waals surface area (Å²) in [5.74, 6) is 0.878. The largest absolute Gasteiger partial charge is 0.392 e. The fourth-order valence-electron chi connectivity index (χ4n) is 3.40. The Hall–Kier alpha value is 0.210. The van der Waals surface area contributed by atoms with Crippen LogP contribution in [0.2, 0.25) is 0 Å². The van der Waals surface area contributed by atoms with Gasteiger partial charge in [-0.05, 0) is 32.2 Å². The predicted molar refractivity (Wildman–Crippen MR) is 118 cm³/mol. The highest BCUT2D eigenvalue weighted by atomic mass is 35.5. The van der Waals surface area contributed by atoms with Crippen molar-refractivity contribution < 1.29 is 5.11 Å². The van der Waals surface area contributed by atoms with Gasteiger partial charge >= 0.3 is 0 Å². The van der Waals surface area contributed by atoms with E-state index >= 15 is 0 Å². The van der Waals surface area contributed by atoms with Crippen molar-refractivity contribution >= 4 is 11.6 Å². The van der Waals surface area contributed by atoms with Gasteiger partial charge in [-0.15, -0.1) is 11.6 Å². The standard InChI is InChI=1S/C23H48ClNO/c1-21(2)16-14-12-10-8-6-4-5-7-9-11-13-15-17-23(24)18-19-25-20-22(3)26/h21-23,25-26H,4-20H2,1-3H3. The van der Waals surface area contributed by atoms with Crippen molar-refractivity contribution in [3.63, 3.8) is 0 Å². The van der Waals surface area contributed by atoms with Crippen LogP contribution >= 0.6 is 11.6 Å². The van der Waals surface area contributed by atoms with Crippen LogP contribution in [0, 0.1) is 5.92 Å². The number of hydrogen-bond donors (Lipinski definition) is 2. The van der Waals surface area contributed by atoms with Gasteiger partial charge < -0.3 is 10.4 Å². The Morgan fingerprint density at radius 2 is 1.08 bits per heavy atom. The Balaban J connectivity index is 3.12. The first-order chi connectivity index (χ1) is 12.5. The summed E-state index contributed by atoms with van der Waals surface area (Å²) in [6, 6.07) is 0. The van der Waals surface area contributed by atoms with Crippen molar-refractivity contribution in [1.29, 1.82) is 0 Å². The molecule has 2 atom stereocenters. The van der Waals surface area contributed by atoms with Crippen LogP contribution in [0.15, 0.2) is 0 Å². The normalized spacial score (nSPS) is 14.1. The first-order valence-electron chi connectivity index (χ1n) is 11.5. The minimum atomic E-state index is -0.265. The van der Waals surface area contributed by atoms with E-state index in [0.29, 0.717) is 6.54 Å². The molecule has 0 aromatic carbocycles.